The summed E-state index contributed by atoms with van der Waals surface area (Å²) in [5, 5.41) is 17.6. The maximum atomic E-state index is 13.0. The molecule has 5 aromatic heterocycles. The molecular weight excluding hydrogens is 829 g/mol. The second kappa shape index (κ2) is 20.4. The second-order valence-corrected chi connectivity index (χ2v) is 15.3. The van der Waals surface area contributed by atoms with Gasteiger partial charge >= 0.3 is 0 Å². The molecule has 0 saturated heterocycles. The van der Waals surface area contributed by atoms with Crippen LogP contribution < -0.4 is 14.3 Å². The second-order valence-electron chi connectivity index (χ2n) is 15.3. The molecule has 0 bridgehead atoms. The van der Waals surface area contributed by atoms with Crippen LogP contribution in [0.4, 0.5) is 4.39 Å². The number of para-hydroxylation sites is 1. The Hall–Kier alpha value is -7.43. The highest BCUT2D eigenvalue weighted by atomic mass is 18.2. The first-order valence-corrected chi connectivity index (χ1v) is 21.7. The predicted octanol–water partition coefficient (Wildman–Crippen LogP) is 7.36. The first-order chi connectivity index (χ1) is 31.5. The van der Waals surface area contributed by atoms with E-state index in [9.17, 15) is 14.0 Å². The van der Waals surface area contributed by atoms with Gasteiger partial charge in [0.25, 0.3) is 6.79 Å². The van der Waals surface area contributed by atoms with E-state index in [1.54, 1.807) is 21.5 Å². The van der Waals surface area contributed by atoms with Crippen molar-refractivity contribution in [3.8, 4) is 34.0 Å². The van der Waals surface area contributed by atoms with E-state index in [1.165, 1.54) is 4.85 Å². The molecule has 0 fully saturated rings. The van der Waals surface area contributed by atoms with Gasteiger partial charge in [0.1, 0.15) is 22.5 Å². The summed E-state index contributed by atoms with van der Waals surface area (Å²) in [7, 11) is 0. The summed E-state index contributed by atoms with van der Waals surface area (Å²) in [6.45, 7) is 17.5. The Morgan fingerprint density at radius 1 is 0.631 bits per heavy atom. The Bertz CT molecular complexity index is 2920. The van der Waals surface area contributed by atoms with Crippen molar-refractivity contribution in [2.24, 2.45) is 0 Å². The first kappa shape index (κ1) is 45.6. The number of hydrogen-bond donors (Lipinski definition) is 0. The van der Waals surface area contributed by atoms with Gasteiger partial charge in [-0.15, -0.1) is 5.10 Å². The normalized spacial score (nSPS) is 11.2. The summed E-state index contributed by atoms with van der Waals surface area (Å²) in [5.74, 6) is 1.17. The highest BCUT2D eigenvalue weighted by Gasteiger charge is 2.24. The van der Waals surface area contributed by atoms with Gasteiger partial charge in [0.2, 0.25) is 18.7 Å². The van der Waals surface area contributed by atoms with Gasteiger partial charge in [0.05, 0.1) is 24.2 Å². The summed E-state index contributed by atoms with van der Waals surface area (Å²) in [5.41, 5.74) is 11.3. The van der Waals surface area contributed by atoms with Crippen molar-refractivity contribution in [1.29, 1.82) is 0 Å². The lowest BCUT2D eigenvalue weighted by molar-refractivity contribution is -0.130. The van der Waals surface area contributed by atoms with Gasteiger partial charge < -0.3 is 24.1 Å². The van der Waals surface area contributed by atoms with Gasteiger partial charge in [-0.3, -0.25) is 9.59 Å². The molecule has 0 unspecified atom stereocenters. The fourth-order valence-corrected chi connectivity index (χ4v) is 7.77. The molecule has 0 aliphatic carbocycles. The van der Waals surface area contributed by atoms with Crippen molar-refractivity contribution >= 4 is 34.1 Å². The minimum Gasteiger partial charge on any atom is -0.463 e. The van der Waals surface area contributed by atoms with Crippen LogP contribution in [0.5, 0.6) is 11.5 Å². The van der Waals surface area contributed by atoms with E-state index in [1.807, 2.05) is 138 Å². The van der Waals surface area contributed by atoms with Crippen molar-refractivity contribution in [3.63, 3.8) is 0 Å². The largest absolute Gasteiger partial charge is 0.463 e. The van der Waals surface area contributed by atoms with E-state index >= 15 is 0 Å². The molecule has 0 spiro atoms. The Kier molecular flexibility index (Phi) is 14.3. The lowest BCUT2D eigenvalue weighted by Gasteiger charge is -2.18. The molecule has 0 atom stereocenters. The number of alkyl halides is 1. The molecule has 0 aliphatic heterocycles. The van der Waals surface area contributed by atoms with Crippen molar-refractivity contribution in [2.45, 2.75) is 68.2 Å². The van der Waals surface area contributed by atoms with Crippen molar-refractivity contribution in [1.82, 2.24) is 54.2 Å². The number of aryl methyl sites for hydroxylation is 4. The molecule has 16 nitrogen and oxygen atoms in total. The average molecular weight is 883 g/mol. The number of carbonyl (C=O) groups excluding carboxylic acids is 2. The summed E-state index contributed by atoms with van der Waals surface area (Å²) >= 11 is 0. The number of nitrogens with zero attached hydrogens (tertiary/aromatic N) is 11. The fraction of sp³-hybridized carbons (Fsp3) is 0.333. The molecule has 0 N–H and O–H groups in total. The third kappa shape index (κ3) is 10.0. The van der Waals surface area contributed by atoms with E-state index in [0.29, 0.717) is 54.7 Å². The van der Waals surface area contributed by atoms with Crippen LogP contribution in [0, 0.1) is 27.7 Å². The van der Waals surface area contributed by atoms with Crippen LogP contribution >= 0.6 is 0 Å². The SMILES string of the molecule is CCN(CC)C(=O)Cc1c(-c2ccc(OCOn3nnc4ccccc43)cc2)nn2c(C)cc(C)nc12.CCN(CC)C(=O)Cc1c(-c2ccc(OC[18F])cc2)nn2c(C)cc(C)nc12. The molecular formula is C48H54FN11O5. The highest BCUT2D eigenvalue weighted by molar-refractivity contribution is 5.86. The molecule has 0 aliphatic rings. The minimum absolute atomic E-state index is 0.0346. The van der Waals surface area contributed by atoms with Crippen molar-refractivity contribution < 1.29 is 28.3 Å². The average Bonchev–Trinajstić information content (AvgIpc) is 3.99. The van der Waals surface area contributed by atoms with Gasteiger partial charge in [-0.25, -0.2) is 23.4 Å². The van der Waals surface area contributed by atoms with Gasteiger partial charge in [-0.1, -0.05) is 17.0 Å². The third-order valence-corrected chi connectivity index (χ3v) is 11.1. The Labute approximate surface area is 376 Å². The molecule has 2 amide bonds. The number of halogens is 1. The van der Waals surface area contributed by atoms with Gasteiger partial charge in [0.15, 0.2) is 11.3 Å². The van der Waals surface area contributed by atoms with E-state index < -0.39 is 6.86 Å². The number of amides is 2. The third-order valence-electron chi connectivity index (χ3n) is 11.1. The first-order valence-electron chi connectivity index (χ1n) is 21.7. The van der Waals surface area contributed by atoms with E-state index in [2.05, 4.69) is 15.3 Å². The monoisotopic (exact) mass is 882 g/mol. The molecule has 338 valence electrons. The zero-order valence-corrected chi connectivity index (χ0v) is 38.1. The van der Waals surface area contributed by atoms with Crippen molar-refractivity contribution in [2.75, 3.05) is 39.8 Å². The Morgan fingerprint density at radius 3 is 1.55 bits per heavy atom. The van der Waals surface area contributed by atoms with Crippen LogP contribution in [0.1, 0.15) is 61.6 Å². The molecule has 0 saturated carbocycles. The standard InChI is InChI=1S/C27H29N7O3.C21H25FN4O2/c1-5-32(6-2)25(35)16-22-26(30-33-19(4)15-18(3)28-27(22)33)20-11-13-21(14-12-20)36-17-37-34-24-10-8-7-9-23(24)29-31-34;1-5-25(6-2)19(27)12-18-20(16-7-9-17(10-8-16)28-13-22)24-26-15(4)11-14(3)23-21(18)26/h7-15H,5-6,16-17H2,1-4H3;7-11H,5-6,12-13H2,1-4H3/i;22-1. The summed E-state index contributed by atoms with van der Waals surface area (Å²) in [6, 6.07) is 26.1. The zero-order chi connectivity index (χ0) is 46.2. The number of carbonyl (C=O) groups is 2. The molecule has 17 heteroatoms. The van der Waals surface area contributed by atoms with Gasteiger partial charge in [-0.05, 0) is 133 Å². The highest BCUT2D eigenvalue weighted by Crippen LogP contribution is 2.31. The van der Waals surface area contributed by atoms with E-state index in [4.69, 9.17) is 29.5 Å². The quantitative estimate of drug-likeness (QED) is 0.0893. The number of hydrogen-bond acceptors (Lipinski definition) is 11. The Balaban J connectivity index is 0.000000202. The smallest absolute Gasteiger partial charge is 0.255 e. The topological polar surface area (TPSA) is 159 Å². The Morgan fingerprint density at radius 2 is 1.09 bits per heavy atom. The lowest BCUT2D eigenvalue weighted by atomic mass is 10.0. The van der Waals surface area contributed by atoms with Crippen LogP contribution in [0.2, 0.25) is 0 Å². The number of rotatable bonds is 16. The van der Waals surface area contributed by atoms with Crippen LogP contribution in [0.15, 0.2) is 84.9 Å². The fourth-order valence-electron chi connectivity index (χ4n) is 7.77. The van der Waals surface area contributed by atoms with Crippen LogP contribution in [-0.4, -0.2) is 106 Å². The predicted molar refractivity (Wildman–Crippen MR) is 245 cm³/mol. The maximum absolute atomic E-state index is 13.0. The molecule has 8 rings (SSSR count). The minimum atomic E-state index is -0.875. The number of likely N-dealkylation sites (N-methyl/N-ethyl adjacent to an activating group) is 2. The van der Waals surface area contributed by atoms with Crippen LogP contribution in [-0.2, 0) is 22.4 Å². The number of aromatic nitrogens is 9. The molecule has 8 aromatic rings. The van der Waals surface area contributed by atoms with Gasteiger partial charge in [-0.2, -0.15) is 10.2 Å². The van der Waals surface area contributed by atoms with Gasteiger partial charge in [0, 0.05) is 71.2 Å². The lowest BCUT2D eigenvalue weighted by Crippen LogP contribution is -2.31. The molecule has 0 radical (unpaired) electrons. The van der Waals surface area contributed by atoms with Crippen LogP contribution in [0.25, 0.3) is 44.8 Å². The molecule has 65 heavy (non-hydrogen) atoms. The molecule has 5 heterocycles. The van der Waals surface area contributed by atoms with E-state index in [-0.39, 0.29) is 31.4 Å². The number of fused-ring (bicyclic) bond motifs is 3. The summed E-state index contributed by atoms with van der Waals surface area (Å²) in [6.07, 6.45) is 0.452. The summed E-state index contributed by atoms with van der Waals surface area (Å²) in [4.78, 5) is 45.8. The molecule has 3 aromatic carbocycles. The summed E-state index contributed by atoms with van der Waals surface area (Å²) < 4.78 is 26.6. The number of ether oxygens (including phenoxy) is 2. The number of benzene rings is 3. The van der Waals surface area contributed by atoms with Crippen LogP contribution in [0.3, 0.4) is 0 Å². The zero-order valence-electron chi connectivity index (χ0n) is 38.1. The maximum Gasteiger partial charge on any atom is 0.255 e. The van der Waals surface area contributed by atoms with Crippen molar-refractivity contribution in [3.05, 3.63) is 119 Å². The van der Waals surface area contributed by atoms with E-state index in [0.717, 1.165) is 61.8 Å².